The fraction of sp³-hybridized carbons (Fsp3) is 0.316. The van der Waals surface area contributed by atoms with Crippen molar-refractivity contribution in [2.24, 2.45) is 0 Å². The first-order chi connectivity index (χ1) is 11.2. The number of benzene rings is 2. The number of fused-ring (bicyclic) bond motifs is 2. The lowest BCUT2D eigenvalue weighted by Gasteiger charge is -2.33. The van der Waals surface area contributed by atoms with Gasteiger partial charge in [-0.25, -0.2) is 0 Å². The SMILES string of the molecule is CC1CCN(C(=O)Cc2ccc3c(c2)OCO3)c2ccccc21. The first-order valence-corrected chi connectivity index (χ1v) is 8.00. The molecule has 2 aromatic carbocycles. The molecule has 1 amide bonds. The fourth-order valence-corrected chi connectivity index (χ4v) is 3.33. The molecular formula is C19H19NO3. The Morgan fingerprint density at radius 2 is 2.00 bits per heavy atom. The molecule has 1 unspecified atom stereocenters. The van der Waals surface area contributed by atoms with Crippen molar-refractivity contribution in [1.82, 2.24) is 0 Å². The summed E-state index contributed by atoms with van der Waals surface area (Å²) in [7, 11) is 0. The zero-order valence-electron chi connectivity index (χ0n) is 13.1. The quantitative estimate of drug-likeness (QED) is 0.852. The number of para-hydroxylation sites is 1. The second-order valence-corrected chi connectivity index (χ2v) is 6.16. The number of rotatable bonds is 2. The molecule has 2 aliphatic heterocycles. The molecular weight excluding hydrogens is 290 g/mol. The van der Waals surface area contributed by atoms with Gasteiger partial charge >= 0.3 is 0 Å². The molecule has 0 fully saturated rings. The van der Waals surface area contributed by atoms with Crippen LogP contribution >= 0.6 is 0 Å². The van der Waals surface area contributed by atoms with E-state index in [0.717, 1.165) is 35.7 Å². The Balaban J connectivity index is 1.57. The molecule has 0 spiro atoms. The van der Waals surface area contributed by atoms with E-state index in [2.05, 4.69) is 13.0 Å². The van der Waals surface area contributed by atoms with Gasteiger partial charge in [-0.2, -0.15) is 0 Å². The summed E-state index contributed by atoms with van der Waals surface area (Å²) in [4.78, 5) is 14.7. The van der Waals surface area contributed by atoms with Crippen LogP contribution in [0.15, 0.2) is 42.5 Å². The van der Waals surface area contributed by atoms with Gasteiger partial charge in [-0.1, -0.05) is 31.2 Å². The minimum absolute atomic E-state index is 0.128. The second kappa shape index (κ2) is 5.61. The standard InChI is InChI=1S/C19H19NO3/c1-13-8-9-20(16-5-3-2-4-15(13)16)19(21)11-14-6-7-17-18(10-14)23-12-22-17/h2-7,10,13H,8-9,11-12H2,1H3. The highest BCUT2D eigenvalue weighted by molar-refractivity contribution is 5.96. The van der Waals surface area contributed by atoms with Crippen molar-refractivity contribution in [2.45, 2.75) is 25.7 Å². The molecule has 0 aliphatic carbocycles. The topological polar surface area (TPSA) is 38.8 Å². The Bertz CT molecular complexity index is 756. The summed E-state index contributed by atoms with van der Waals surface area (Å²) in [5.74, 6) is 2.10. The highest BCUT2D eigenvalue weighted by Crippen LogP contribution is 2.36. The molecule has 0 bridgehead atoms. The summed E-state index contributed by atoms with van der Waals surface area (Å²) in [5.41, 5.74) is 3.27. The van der Waals surface area contributed by atoms with Crippen LogP contribution in [-0.4, -0.2) is 19.2 Å². The summed E-state index contributed by atoms with van der Waals surface area (Å²) in [6.07, 6.45) is 1.38. The van der Waals surface area contributed by atoms with E-state index in [4.69, 9.17) is 9.47 Å². The van der Waals surface area contributed by atoms with Crippen LogP contribution in [0.3, 0.4) is 0 Å². The van der Waals surface area contributed by atoms with Crippen LogP contribution in [0.4, 0.5) is 5.69 Å². The van der Waals surface area contributed by atoms with Crippen molar-refractivity contribution in [2.75, 3.05) is 18.2 Å². The van der Waals surface area contributed by atoms with Crippen LogP contribution in [0.1, 0.15) is 30.4 Å². The monoisotopic (exact) mass is 309 g/mol. The largest absolute Gasteiger partial charge is 0.454 e. The van der Waals surface area contributed by atoms with Crippen molar-refractivity contribution < 1.29 is 14.3 Å². The molecule has 0 radical (unpaired) electrons. The highest BCUT2D eigenvalue weighted by atomic mass is 16.7. The van der Waals surface area contributed by atoms with E-state index >= 15 is 0 Å². The Morgan fingerprint density at radius 3 is 2.91 bits per heavy atom. The third kappa shape index (κ3) is 2.54. The number of hydrogen-bond acceptors (Lipinski definition) is 3. The molecule has 2 heterocycles. The summed E-state index contributed by atoms with van der Waals surface area (Å²) < 4.78 is 10.7. The van der Waals surface area contributed by atoms with E-state index in [1.165, 1.54) is 5.56 Å². The van der Waals surface area contributed by atoms with E-state index in [0.29, 0.717) is 12.3 Å². The maximum Gasteiger partial charge on any atom is 0.231 e. The van der Waals surface area contributed by atoms with E-state index in [-0.39, 0.29) is 12.7 Å². The van der Waals surface area contributed by atoms with Gasteiger partial charge in [0.05, 0.1) is 6.42 Å². The number of amides is 1. The van der Waals surface area contributed by atoms with Crippen LogP contribution < -0.4 is 14.4 Å². The van der Waals surface area contributed by atoms with Gasteiger partial charge in [0.15, 0.2) is 11.5 Å². The van der Waals surface area contributed by atoms with Gasteiger partial charge in [-0.05, 0) is 41.7 Å². The van der Waals surface area contributed by atoms with Crippen molar-refractivity contribution >= 4 is 11.6 Å². The van der Waals surface area contributed by atoms with Crippen molar-refractivity contribution in [3.05, 3.63) is 53.6 Å². The van der Waals surface area contributed by atoms with Crippen LogP contribution in [0.5, 0.6) is 11.5 Å². The maximum atomic E-state index is 12.8. The maximum absolute atomic E-state index is 12.8. The van der Waals surface area contributed by atoms with E-state index in [9.17, 15) is 4.79 Å². The predicted octanol–water partition coefficient (Wildman–Crippen LogP) is 3.50. The molecule has 2 aromatic rings. The van der Waals surface area contributed by atoms with Gasteiger partial charge in [0.1, 0.15) is 0 Å². The van der Waals surface area contributed by atoms with Crippen LogP contribution in [-0.2, 0) is 11.2 Å². The lowest BCUT2D eigenvalue weighted by atomic mass is 9.91. The third-order valence-corrected chi connectivity index (χ3v) is 4.64. The molecule has 4 nitrogen and oxygen atoms in total. The van der Waals surface area contributed by atoms with Crippen molar-refractivity contribution in [1.29, 1.82) is 0 Å². The van der Waals surface area contributed by atoms with Gasteiger partial charge in [-0.3, -0.25) is 4.79 Å². The second-order valence-electron chi connectivity index (χ2n) is 6.16. The smallest absolute Gasteiger partial charge is 0.231 e. The lowest BCUT2D eigenvalue weighted by molar-refractivity contribution is -0.118. The van der Waals surface area contributed by atoms with Gasteiger partial charge in [0.25, 0.3) is 0 Å². The van der Waals surface area contributed by atoms with Gasteiger partial charge in [0.2, 0.25) is 12.7 Å². The third-order valence-electron chi connectivity index (χ3n) is 4.64. The average Bonchev–Trinajstić information content (AvgIpc) is 3.03. The highest BCUT2D eigenvalue weighted by Gasteiger charge is 2.26. The number of nitrogens with zero attached hydrogens (tertiary/aromatic N) is 1. The Kier molecular flexibility index (Phi) is 3.45. The number of ether oxygens (including phenoxy) is 2. The average molecular weight is 309 g/mol. The van der Waals surface area contributed by atoms with Gasteiger partial charge in [0, 0.05) is 12.2 Å². The lowest BCUT2D eigenvalue weighted by Crippen LogP contribution is -2.37. The molecule has 0 N–H and O–H groups in total. The predicted molar refractivity (Wildman–Crippen MR) is 88.1 cm³/mol. The Morgan fingerprint density at radius 1 is 1.17 bits per heavy atom. The molecule has 23 heavy (non-hydrogen) atoms. The first-order valence-electron chi connectivity index (χ1n) is 8.00. The molecule has 0 aromatic heterocycles. The summed E-state index contributed by atoms with van der Waals surface area (Å²) >= 11 is 0. The first kappa shape index (κ1) is 14.1. The normalized spacial score (nSPS) is 18.7. The molecule has 0 saturated carbocycles. The summed E-state index contributed by atoms with van der Waals surface area (Å²) in [6, 6.07) is 13.9. The van der Waals surface area contributed by atoms with Crippen molar-refractivity contribution in [3.63, 3.8) is 0 Å². The van der Waals surface area contributed by atoms with Crippen LogP contribution in [0.25, 0.3) is 0 Å². The molecule has 0 saturated heterocycles. The molecule has 4 heteroatoms. The Hall–Kier alpha value is -2.49. The minimum Gasteiger partial charge on any atom is -0.454 e. The molecule has 1 atom stereocenters. The van der Waals surface area contributed by atoms with E-state index in [1.807, 2.05) is 41.3 Å². The Labute approximate surface area is 135 Å². The molecule has 118 valence electrons. The van der Waals surface area contributed by atoms with Gasteiger partial charge in [-0.15, -0.1) is 0 Å². The van der Waals surface area contributed by atoms with E-state index < -0.39 is 0 Å². The van der Waals surface area contributed by atoms with Gasteiger partial charge < -0.3 is 14.4 Å². The zero-order chi connectivity index (χ0) is 15.8. The van der Waals surface area contributed by atoms with Crippen LogP contribution in [0.2, 0.25) is 0 Å². The van der Waals surface area contributed by atoms with Crippen molar-refractivity contribution in [3.8, 4) is 11.5 Å². The number of anilines is 1. The van der Waals surface area contributed by atoms with Crippen LogP contribution in [0, 0.1) is 0 Å². The summed E-state index contributed by atoms with van der Waals surface area (Å²) in [6.45, 7) is 3.25. The number of carbonyl (C=O) groups excluding carboxylic acids is 1. The number of hydrogen-bond donors (Lipinski definition) is 0. The molecule has 4 rings (SSSR count). The van der Waals surface area contributed by atoms with E-state index in [1.54, 1.807) is 0 Å². The zero-order valence-corrected chi connectivity index (χ0v) is 13.1. The summed E-state index contributed by atoms with van der Waals surface area (Å²) in [5, 5.41) is 0. The number of carbonyl (C=O) groups is 1. The fourth-order valence-electron chi connectivity index (χ4n) is 3.33. The minimum atomic E-state index is 0.128. The molecule has 2 aliphatic rings.